The van der Waals surface area contributed by atoms with E-state index >= 15 is 0 Å². The van der Waals surface area contributed by atoms with Crippen molar-refractivity contribution in [2.24, 2.45) is 0 Å². The first-order chi connectivity index (χ1) is 10.6. The Labute approximate surface area is 127 Å². The zero-order valence-electron chi connectivity index (χ0n) is 12.0. The van der Waals surface area contributed by atoms with Crippen molar-refractivity contribution in [3.63, 3.8) is 0 Å². The van der Waals surface area contributed by atoms with E-state index in [1.165, 1.54) is 6.07 Å². The smallest absolute Gasteiger partial charge is 0.132 e. The molecule has 3 nitrogen and oxygen atoms in total. The number of aromatic carboxylic acids is 1. The molecule has 0 atom stereocenters. The standard InChI is InChI=1S/C11H8O2.C7H8FN/c12-11(13)10-6-5-8-3-1-2-4-9(8)7-10;8-7-4-2-1-3-6(7)5-9/h1-7H,(H,12,13);1-4H,5,9H2. The lowest BCUT2D eigenvalue weighted by atomic mass is 10.1. The minimum absolute atomic E-state index is 0.160. The monoisotopic (exact) mass is 297 g/mol. The van der Waals surface area contributed by atoms with Gasteiger partial charge in [0.1, 0.15) is 12.4 Å². The third kappa shape index (κ3) is 3.90. The van der Waals surface area contributed by atoms with E-state index in [9.17, 15) is 14.3 Å². The number of carboxylic acids is 1. The molecule has 3 N–H and O–H groups in total. The topological polar surface area (TPSA) is 67.8 Å². The molecule has 0 spiro atoms. The number of rotatable bonds is 2. The Morgan fingerprint density at radius 3 is 2.18 bits per heavy atom. The second kappa shape index (κ2) is 7.33. The summed E-state index contributed by atoms with van der Waals surface area (Å²) >= 11 is 0. The average Bonchev–Trinajstić information content (AvgIpc) is 2.55. The summed E-state index contributed by atoms with van der Waals surface area (Å²) in [5, 5.41) is 12.5. The molecule has 112 valence electrons. The summed E-state index contributed by atoms with van der Waals surface area (Å²) in [5.74, 6) is -1.29. The van der Waals surface area contributed by atoms with Gasteiger partial charge >= 0.3 is 0 Å². The quantitative estimate of drug-likeness (QED) is 0.783. The molecule has 0 radical (unpaired) electrons. The second-order valence-electron chi connectivity index (χ2n) is 4.69. The van der Waals surface area contributed by atoms with Crippen LogP contribution in [0, 0.1) is 5.82 Å². The maximum Gasteiger partial charge on any atom is 0.132 e. The first-order valence-electron chi connectivity index (χ1n) is 6.84. The molecule has 3 aromatic rings. The summed E-state index contributed by atoms with van der Waals surface area (Å²) in [6.07, 6.45) is 0. The van der Waals surface area contributed by atoms with Gasteiger partial charge in [-0.15, -0.1) is 0 Å². The van der Waals surface area contributed by atoms with Gasteiger partial charge in [-0.3, -0.25) is 0 Å². The highest BCUT2D eigenvalue weighted by atomic mass is 19.1. The van der Waals surface area contributed by atoms with Gasteiger partial charge < -0.3 is 15.6 Å². The average molecular weight is 297 g/mol. The normalized spacial score (nSPS) is 9.91. The number of hydrogen-bond acceptors (Lipinski definition) is 2. The molecule has 0 aliphatic carbocycles. The lowest BCUT2D eigenvalue weighted by molar-refractivity contribution is -0.386. The van der Waals surface area contributed by atoms with Crippen molar-refractivity contribution in [1.29, 1.82) is 0 Å². The van der Waals surface area contributed by atoms with E-state index in [0.717, 1.165) is 10.8 Å². The van der Waals surface area contributed by atoms with Crippen LogP contribution in [-0.4, -0.2) is 5.97 Å². The molecule has 0 aromatic heterocycles. The van der Waals surface area contributed by atoms with Crippen LogP contribution >= 0.6 is 0 Å². The van der Waals surface area contributed by atoms with Crippen molar-refractivity contribution in [3.8, 4) is 0 Å². The third-order valence-electron chi connectivity index (χ3n) is 3.21. The van der Waals surface area contributed by atoms with E-state index in [2.05, 4.69) is 5.73 Å². The molecule has 3 aromatic carbocycles. The van der Waals surface area contributed by atoms with Gasteiger partial charge in [-0.2, -0.15) is 0 Å². The van der Waals surface area contributed by atoms with E-state index in [1.807, 2.05) is 30.3 Å². The minimum atomic E-state index is -1.13. The van der Waals surface area contributed by atoms with Crippen LogP contribution in [0.4, 0.5) is 4.39 Å². The molecule has 0 bridgehead atoms. The predicted molar refractivity (Wildman–Crippen MR) is 81.3 cm³/mol. The number of quaternary nitrogens is 1. The lowest BCUT2D eigenvalue weighted by Gasteiger charge is -2.03. The maximum absolute atomic E-state index is 12.5. The Morgan fingerprint density at radius 2 is 1.59 bits per heavy atom. The van der Waals surface area contributed by atoms with Crippen molar-refractivity contribution in [3.05, 3.63) is 83.7 Å². The lowest BCUT2D eigenvalue weighted by Crippen LogP contribution is -2.47. The van der Waals surface area contributed by atoms with Gasteiger partial charge in [0.2, 0.25) is 0 Å². The first-order valence-corrected chi connectivity index (χ1v) is 6.84. The van der Waals surface area contributed by atoms with Crippen molar-refractivity contribution >= 4 is 16.7 Å². The van der Waals surface area contributed by atoms with Crippen LogP contribution in [-0.2, 0) is 6.54 Å². The first kappa shape index (κ1) is 15.7. The van der Waals surface area contributed by atoms with Crippen LogP contribution in [0.1, 0.15) is 15.9 Å². The predicted octanol–water partition coefficient (Wildman–Crippen LogP) is 1.77. The van der Waals surface area contributed by atoms with E-state index in [-0.39, 0.29) is 11.4 Å². The largest absolute Gasteiger partial charge is 0.545 e. The number of halogens is 1. The van der Waals surface area contributed by atoms with Gasteiger partial charge in [0.05, 0.1) is 5.97 Å². The summed E-state index contributed by atoms with van der Waals surface area (Å²) < 4.78 is 12.5. The Bertz CT molecular complexity index is 787. The summed E-state index contributed by atoms with van der Waals surface area (Å²) in [5.41, 5.74) is 4.48. The highest BCUT2D eigenvalue weighted by Crippen LogP contribution is 2.14. The van der Waals surface area contributed by atoms with E-state index < -0.39 is 5.97 Å². The molecule has 4 heteroatoms. The number of carbonyl (C=O) groups excluding carboxylic acids is 1. The molecule has 3 rings (SSSR count). The Kier molecular flexibility index (Phi) is 5.22. The fourth-order valence-corrected chi connectivity index (χ4v) is 2.02. The van der Waals surface area contributed by atoms with E-state index in [0.29, 0.717) is 12.1 Å². The fraction of sp³-hybridized carbons (Fsp3) is 0.0556. The van der Waals surface area contributed by atoms with Gasteiger partial charge in [-0.05, 0) is 28.5 Å². The molecule has 0 unspecified atom stereocenters. The van der Waals surface area contributed by atoms with Crippen molar-refractivity contribution in [2.75, 3.05) is 0 Å². The van der Waals surface area contributed by atoms with Crippen molar-refractivity contribution in [1.82, 2.24) is 0 Å². The zero-order chi connectivity index (χ0) is 15.9. The third-order valence-corrected chi connectivity index (χ3v) is 3.21. The number of benzene rings is 3. The molecular formula is C18H16FNO2. The molecule has 0 aliphatic heterocycles. The summed E-state index contributed by atoms with van der Waals surface area (Å²) in [4.78, 5) is 10.5. The highest BCUT2D eigenvalue weighted by Gasteiger charge is 1.96. The molecular weight excluding hydrogens is 281 g/mol. The second-order valence-corrected chi connectivity index (χ2v) is 4.69. The van der Waals surface area contributed by atoms with Gasteiger partial charge in [0, 0.05) is 5.56 Å². The molecule has 0 heterocycles. The Hall–Kier alpha value is -2.72. The summed E-state index contributed by atoms with van der Waals surface area (Å²) in [6, 6.07) is 19.2. The van der Waals surface area contributed by atoms with Crippen LogP contribution in [0.25, 0.3) is 10.8 Å². The molecule has 0 saturated carbocycles. The number of fused-ring (bicyclic) bond motifs is 1. The number of hydrogen-bond donors (Lipinski definition) is 1. The van der Waals surface area contributed by atoms with Crippen molar-refractivity contribution < 1.29 is 20.0 Å². The van der Waals surface area contributed by atoms with Gasteiger partial charge in [-0.1, -0.05) is 54.6 Å². The summed E-state index contributed by atoms with van der Waals surface area (Å²) in [7, 11) is 0. The molecule has 0 aliphatic rings. The molecule has 0 saturated heterocycles. The summed E-state index contributed by atoms with van der Waals surface area (Å²) in [6.45, 7) is 0.521. The molecule has 22 heavy (non-hydrogen) atoms. The van der Waals surface area contributed by atoms with E-state index in [1.54, 1.807) is 30.3 Å². The van der Waals surface area contributed by atoms with Gasteiger partial charge in [0.15, 0.2) is 0 Å². The van der Waals surface area contributed by atoms with Gasteiger partial charge in [-0.25, -0.2) is 4.39 Å². The minimum Gasteiger partial charge on any atom is -0.545 e. The van der Waals surface area contributed by atoms with Crippen LogP contribution < -0.4 is 10.8 Å². The van der Waals surface area contributed by atoms with E-state index in [4.69, 9.17) is 0 Å². The molecule has 0 amide bonds. The highest BCUT2D eigenvalue weighted by molar-refractivity contribution is 5.93. The SMILES string of the molecule is O=C([O-])c1ccc2ccccc2c1.[NH3+]Cc1ccccc1F. The van der Waals surface area contributed by atoms with Crippen LogP contribution in [0.3, 0.4) is 0 Å². The van der Waals surface area contributed by atoms with Crippen LogP contribution in [0.2, 0.25) is 0 Å². The molecule has 0 fully saturated rings. The Balaban J connectivity index is 0.000000172. The van der Waals surface area contributed by atoms with Crippen LogP contribution in [0.5, 0.6) is 0 Å². The maximum atomic E-state index is 12.5. The Morgan fingerprint density at radius 1 is 0.955 bits per heavy atom. The number of carbonyl (C=O) groups is 1. The van der Waals surface area contributed by atoms with Crippen molar-refractivity contribution in [2.45, 2.75) is 6.54 Å². The van der Waals surface area contributed by atoms with Crippen LogP contribution in [0.15, 0.2) is 66.7 Å². The zero-order valence-corrected chi connectivity index (χ0v) is 12.0. The fourth-order valence-electron chi connectivity index (χ4n) is 2.02. The van der Waals surface area contributed by atoms with Gasteiger partial charge in [0.25, 0.3) is 0 Å². The number of carboxylic acid groups (broad SMARTS) is 1.